The minimum Gasteiger partial charge on any atom is -0.268 e. The van der Waals surface area contributed by atoms with Crippen LogP contribution in [0.5, 0.6) is 0 Å². The average Bonchev–Trinajstić information content (AvgIpc) is 3.33. The minimum atomic E-state index is -3.69. The van der Waals surface area contributed by atoms with Crippen molar-refractivity contribution in [2.45, 2.75) is 23.6 Å². The number of aromatic nitrogens is 1. The summed E-state index contributed by atoms with van der Waals surface area (Å²) in [5.41, 5.74) is 1.44. The van der Waals surface area contributed by atoms with Crippen LogP contribution in [0.15, 0.2) is 65.0 Å². The van der Waals surface area contributed by atoms with Gasteiger partial charge in [0.1, 0.15) is 9.90 Å². The molecule has 30 heavy (non-hydrogen) atoms. The lowest BCUT2D eigenvalue weighted by Gasteiger charge is -2.13. The lowest BCUT2D eigenvalue weighted by molar-refractivity contribution is 0.0642. The van der Waals surface area contributed by atoms with Crippen molar-refractivity contribution in [1.82, 2.24) is 14.6 Å². The molecule has 1 aromatic carbocycles. The fraction of sp³-hybridized carbons (Fsp3) is 0.190. The maximum Gasteiger partial charge on any atom is 0.280 e. The number of hydrogen-bond donors (Lipinski definition) is 1. The molecule has 2 amide bonds. The van der Waals surface area contributed by atoms with E-state index in [0.29, 0.717) is 4.88 Å². The number of thiophene rings is 1. The summed E-state index contributed by atoms with van der Waals surface area (Å²) < 4.78 is 28.1. The summed E-state index contributed by atoms with van der Waals surface area (Å²) in [7, 11) is -3.69. The van der Waals surface area contributed by atoms with Crippen LogP contribution in [0.1, 0.15) is 44.1 Å². The van der Waals surface area contributed by atoms with Gasteiger partial charge in [-0.1, -0.05) is 37.3 Å². The monoisotopic (exact) mass is 441 g/mol. The van der Waals surface area contributed by atoms with Crippen molar-refractivity contribution in [3.05, 3.63) is 82.5 Å². The van der Waals surface area contributed by atoms with E-state index in [1.165, 1.54) is 12.3 Å². The Labute approximate surface area is 178 Å². The number of carbonyl (C=O) groups is 2. The van der Waals surface area contributed by atoms with Gasteiger partial charge in [-0.3, -0.25) is 19.5 Å². The number of imide groups is 1. The third kappa shape index (κ3) is 3.91. The molecule has 0 saturated carbocycles. The zero-order valence-corrected chi connectivity index (χ0v) is 17.7. The van der Waals surface area contributed by atoms with E-state index in [9.17, 15) is 18.0 Å². The van der Waals surface area contributed by atoms with Crippen molar-refractivity contribution >= 4 is 33.2 Å². The second-order valence-corrected chi connectivity index (χ2v) is 10.1. The summed E-state index contributed by atoms with van der Waals surface area (Å²) in [5.74, 6) is -0.870. The Morgan fingerprint density at radius 3 is 2.53 bits per heavy atom. The average molecular weight is 442 g/mol. The number of sulfonamides is 1. The number of amides is 2. The first-order chi connectivity index (χ1) is 14.4. The number of fused-ring (bicyclic) bond motifs is 1. The van der Waals surface area contributed by atoms with Gasteiger partial charge in [-0.05, 0) is 35.7 Å². The second kappa shape index (κ2) is 8.10. The van der Waals surface area contributed by atoms with Gasteiger partial charge in [-0.25, -0.2) is 13.1 Å². The van der Waals surface area contributed by atoms with Crippen LogP contribution in [0.3, 0.4) is 0 Å². The molecule has 0 bridgehead atoms. The van der Waals surface area contributed by atoms with Crippen molar-refractivity contribution in [3.63, 3.8) is 0 Å². The molecule has 1 N–H and O–H groups in total. The van der Waals surface area contributed by atoms with Crippen LogP contribution >= 0.6 is 11.3 Å². The van der Waals surface area contributed by atoms with Gasteiger partial charge in [0.25, 0.3) is 11.8 Å². The molecule has 3 heterocycles. The summed E-state index contributed by atoms with van der Waals surface area (Å²) in [4.78, 5) is 30.6. The molecule has 0 aliphatic carbocycles. The number of nitrogens with one attached hydrogen (secondary N) is 1. The van der Waals surface area contributed by atoms with Crippen LogP contribution in [-0.4, -0.2) is 36.7 Å². The molecular weight excluding hydrogens is 422 g/mol. The predicted octanol–water partition coefficient (Wildman–Crippen LogP) is 3.02. The van der Waals surface area contributed by atoms with Crippen molar-refractivity contribution in [3.8, 4) is 0 Å². The highest BCUT2D eigenvalue weighted by Crippen LogP contribution is 2.27. The SMILES string of the molecule is CC(CNS(=O)(=O)c1ccc(CN2C(=O)c3cccnc3C2=O)s1)c1ccccc1. The van der Waals surface area contributed by atoms with E-state index in [4.69, 9.17) is 0 Å². The van der Waals surface area contributed by atoms with Gasteiger partial charge in [0, 0.05) is 17.6 Å². The van der Waals surface area contributed by atoms with Crippen LogP contribution < -0.4 is 4.72 Å². The smallest absolute Gasteiger partial charge is 0.268 e. The first-order valence-electron chi connectivity index (χ1n) is 9.31. The number of rotatable bonds is 7. The van der Waals surface area contributed by atoms with Crippen LogP contribution in [0.4, 0.5) is 0 Å². The van der Waals surface area contributed by atoms with E-state index in [1.54, 1.807) is 18.2 Å². The Kier molecular flexibility index (Phi) is 5.50. The molecular formula is C21H19N3O4S2. The highest BCUT2D eigenvalue weighted by atomic mass is 32.2. The molecule has 0 spiro atoms. The van der Waals surface area contributed by atoms with Gasteiger partial charge < -0.3 is 0 Å². The predicted molar refractivity (Wildman–Crippen MR) is 113 cm³/mol. The van der Waals surface area contributed by atoms with E-state index in [-0.39, 0.29) is 34.5 Å². The van der Waals surface area contributed by atoms with Gasteiger partial charge in [0.15, 0.2) is 0 Å². The van der Waals surface area contributed by atoms with Crippen molar-refractivity contribution in [1.29, 1.82) is 0 Å². The normalized spacial score (nSPS) is 14.8. The Morgan fingerprint density at radius 2 is 1.80 bits per heavy atom. The van der Waals surface area contributed by atoms with Crippen LogP contribution in [-0.2, 0) is 16.6 Å². The van der Waals surface area contributed by atoms with E-state index in [1.807, 2.05) is 37.3 Å². The van der Waals surface area contributed by atoms with Gasteiger partial charge in [-0.15, -0.1) is 11.3 Å². The molecule has 9 heteroatoms. The Hall–Kier alpha value is -2.88. The largest absolute Gasteiger partial charge is 0.280 e. The fourth-order valence-electron chi connectivity index (χ4n) is 3.21. The van der Waals surface area contributed by atoms with E-state index in [2.05, 4.69) is 9.71 Å². The molecule has 1 unspecified atom stereocenters. The van der Waals surface area contributed by atoms with Crippen LogP contribution in [0.2, 0.25) is 0 Å². The second-order valence-electron chi connectivity index (χ2n) is 6.98. The Morgan fingerprint density at radius 1 is 1.03 bits per heavy atom. The maximum absolute atomic E-state index is 12.7. The molecule has 1 aliphatic heterocycles. The fourth-order valence-corrected chi connectivity index (χ4v) is 5.73. The summed E-state index contributed by atoms with van der Waals surface area (Å²) in [6.07, 6.45) is 1.46. The number of carbonyl (C=O) groups excluding carboxylic acids is 2. The van der Waals surface area contributed by atoms with Crippen LogP contribution in [0.25, 0.3) is 0 Å². The Bertz CT molecular complexity index is 1170. The maximum atomic E-state index is 12.7. The molecule has 1 aliphatic rings. The molecule has 7 nitrogen and oxygen atoms in total. The lowest BCUT2D eigenvalue weighted by atomic mass is 10.0. The van der Waals surface area contributed by atoms with Gasteiger partial charge >= 0.3 is 0 Å². The first-order valence-corrected chi connectivity index (χ1v) is 11.6. The summed E-state index contributed by atoms with van der Waals surface area (Å²) in [5, 5.41) is 0. The first kappa shape index (κ1) is 20.4. The van der Waals surface area contributed by atoms with Crippen molar-refractivity contribution < 1.29 is 18.0 Å². The number of benzene rings is 1. The Balaban J connectivity index is 1.44. The lowest BCUT2D eigenvalue weighted by Crippen LogP contribution is -2.29. The van der Waals surface area contributed by atoms with Crippen LogP contribution in [0, 0.1) is 0 Å². The summed E-state index contributed by atoms with van der Waals surface area (Å²) >= 11 is 1.04. The number of pyridine rings is 1. The zero-order chi connectivity index (χ0) is 21.3. The molecule has 154 valence electrons. The summed E-state index contributed by atoms with van der Waals surface area (Å²) in [6.45, 7) is 2.23. The highest BCUT2D eigenvalue weighted by molar-refractivity contribution is 7.91. The van der Waals surface area contributed by atoms with Gasteiger partial charge in [0.2, 0.25) is 10.0 Å². The third-order valence-corrected chi connectivity index (χ3v) is 7.88. The van der Waals surface area contributed by atoms with Gasteiger partial charge in [0.05, 0.1) is 12.1 Å². The van der Waals surface area contributed by atoms with E-state index in [0.717, 1.165) is 21.8 Å². The number of hydrogen-bond acceptors (Lipinski definition) is 6. The molecule has 1 atom stereocenters. The molecule has 2 aromatic heterocycles. The standard InChI is InChI=1S/C21H19N3O4S2/c1-14(15-6-3-2-4-7-15)12-23-30(27,28)18-10-9-16(29-18)13-24-20(25)17-8-5-11-22-19(17)21(24)26/h2-11,14,23H,12-13H2,1H3. The van der Waals surface area contributed by atoms with E-state index < -0.39 is 21.8 Å². The molecule has 3 aromatic rings. The topological polar surface area (TPSA) is 96.4 Å². The molecule has 0 fully saturated rings. The zero-order valence-electron chi connectivity index (χ0n) is 16.1. The van der Waals surface area contributed by atoms with E-state index >= 15 is 0 Å². The molecule has 0 saturated heterocycles. The molecule has 0 radical (unpaired) electrons. The quantitative estimate of drug-likeness (QED) is 0.569. The number of nitrogens with zero attached hydrogens (tertiary/aromatic N) is 2. The van der Waals surface area contributed by atoms with Gasteiger partial charge in [-0.2, -0.15) is 0 Å². The minimum absolute atomic E-state index is 0.00856. The third-order valence-electron chi connectivity index (χ3n) is 4.89. The van der Waals surface area contributed by atoms with Crippen molar-refractivity contribution in [2.24, 2.45) is 0 Å². The highest BCUT2D eigenvalue weighted by Gasteiger charge is 2.36. The van der Waals surface area contributed by atoms with Crippen molar-refractivity contribution in [2.75, 3.05) is 6.54 Å². The molecule has 4 rings (SSSR count). The summed E-state index contributed by atoms with van der Waals surface area (Å²) in [6, 6.07) is 15.9.